The summed E-state index contributed by atoms with van der Waals surface area (Å²) in [4.78, 5) is 28.9. The zero-order valence-electron chi connectivity index (χ0n) is 13.6. The van der Waals surface area contributed by atoms with Gasteiger partial charge in [0.15, 0.2) is 0 Å². The molecule has 1 aliphatic heterocycles. The SMILES string of the molecule is O=C(OC1CCOC1=O)c1cc(-c2ccc(Cl)cc2)nc2ccccc12. The molecule has 0 amide bonds. The number of fused-ring (bicyclic) bond motifs is 1. The van der Waals surface area contributed by atoms with E-state index in [4.69, 9.17) is 21.1 Å². The Morgan fingerprint density at radius 2 is 1.92 bits per heavy atom. The van der Waals surface area contributed by atoms with Gasteiger partial charge in [-0.25, -0.2) is 14.6 Å². The molecule has 1 unspecified atom stereocenters. The molecule has 0 bridgehead atoms. The molecule has 1 aliphatic rings. The predicted molar refractivity (Wildman–Crippen MR) is 97.0 cm³/mol. The molecule has 0 N–H and O–H groups in total. The highest BCUT2D eigenvalue weighted by Crippen LogP contribution is 2.27. The van der Waals surface area contributed by atoms with Gasteiger partial charge in [0, 0.05) is 22.4 Å². The first-order valence-electron chi connectivity index (χ1n) is 8.15. The summed E-state index contributed by atoms with van der Waals surface area (Å²) >= 11 is 5.95. The van der Waals surface area contributed by atoms with Crippen LogP contribution in [0.2, 0.25) is 5.02 Å². The fourth-order valence-corrected chi connectivity index (χ4v) is 3.02. The second kappa shape index (κ2) is 6.77. The number of rotatable bonds is 3. The lowest BCUT2D eigenvalue weighted by Gasteiger charge is -2.12. The molecular weight excluding hydrogens is 354 g/mol. The minimum absolute atomic E-state index is 0.268. The number of esters is 2. The third-order valence-corrected chi connectivity index (χ3v) is 4.46. The van der Waals surface area contributed by atoms with Crippen LogP contribution in [0.5, 0.6) is 0 Å². The van der Waals surface area contributed by atoms with E-state index in [1.807, 2.05) is 30.3 Å². The third-order valence-electron chi connectivity index (χ3n) is 4.21. The Morgan fingerprint density at radius 1 is 1.15 bits per heavy atom. The summed E-state index contributed by atoms with van der Waals surface area (Å²) in [6, 6.07) is 16.2. The lowest BCUT2D eigenvalue weighted by Crippen LogP contribution is -2.23. The monoisotopic (exact) mass is 367 g/mol. The van der Waals surface area contributed by atoms with Gasteiger partial charge in [0.05, 0.1) is 23.4 Å². The van der Waals surface area contributed by atoms with E-state index in [-0.39, 0.29) is 6.61 Å². The molecule has 0 radical (unpaired) electrons. The van der Waals surface area contributed by atoms with Gasteiger partial charge in [0.2, 0.25) is 6.10 Å². The van der Waals surface area contributed by atoms with Crippen molar-refractivity contribution in [3.8, 4) is 11.3 Å². The van der Waals surface area contributed by atoms with Crippen LogP contribution in [0.15, 0.2) is 54.6 Å². The maximum absolute atomic E-state index is 12.7. The Kier molecular flexibility index (Phi) is 4.31. The average molecular weight is 368 g/mol. The van der Waals surface area contributed by atoms with Gasteiger partial charge >= 0.3 is 11.9 Å². The van der Waals surface area contributed by atoms with Crippen molar-refractivity contribution in [1.82, 2.24) is 4.98 Å². The lowest BCUT2D eigenvalue weighted by atomic mass is 10.0. The number of nitrogens with zero attached hydrogens (tertiary/aromatic N) is 1. The number of ether oxygens (including phenoxy) is 2. The second-order valence-electron chi connectivity index (χ2n) is 5.93. The van der Waals surface area contributed by atoms with E-state index in [9.17, 15) is 9.59 Å². The molecule has 1 fully saturated rings. The highest BCUT2D eigenvalue weighted by atomic mass is 35.5. The number of aromatic nitrogens is 1. The summed E-state index contributed by atoms with van der Waals surface area (Å²) in [5.41, 5.74) is 2.48. The minimum atomic E-state index is -0.853. The number of hydrogen-bond acceptors (Lipinski definition) is 5. The van der Waals surface area contributed by atoms with Crippen LogP contribution in [0.3, 0.4) is 0 Å². The van der Waals surface area contributed by atoms with Crippen molar-refractivity contribution in [2.75, 3.05) is 6.61 Å². The lowest BCUT2D eigenvalue weighted by molar-refractivity contribution is -0.145. The first kappa shape index (κ1) is 16.5. The van der Waals surface area contributed by atoms with E-state index in [0.717, 1.165) is 5.56 Å². The molecule has 4 rings (SSSR count). The Balaban J connectivity index is 1.78. The van der Waals surface area contributed by atoms with Crippen molar-refractivity contribution in [3.63, 3.8) is 0 Å². The van der Waals surface area contributed by atoms with Crippen molar-refractivity contribution in [3.05, 3.63) is 65.2 Å². The van der Waals surface area contributed by atoms with Crippen LogP contribution in [-0.2, 0) is 14.3 Å². The van der Waals surface area contributed by atoms with Crippen LogP contribution < -0.4 is 0 Å². The van der Waals surface area contributed by atoms with Gasteiger partial charge in [-0.3, -0.25) is 0 Å². The molecule has 6 heteroatoms. The van der Waals surface area contributed by atoms with E-state index >= 15 is 0 Å². The van der Waals surface area contributed by atoms with Gasteiger partial charge < -0.3 is 9.47 Å². The molecule has 3 aromatic rings. The van der Waals surface area contributed by atoms with Crippen molar-refractivity contribution < 1.29 is 19.1 Å². The Labute approximate surface area is 154 Å². The molecule has 130 valence electrons. The van der Waals surface area contributed by atoms with Crippen molar-refractivity contribution >= 4 is 34.4 Å². The number of benzene rings is 2. The predicted octanol–water partition coefficient (Wildman–Crippen LogP) is 4.03. The number of carbonyl (C=O) groups excluding carboxylic acids is 2. The molecule has 1 atom stereocenters. The van der Waals surface area contributed by atoms with E-state index < -0.39 is 18.0 Å². The van der Waals surface area contributed by atoms with E-state index in [1.54, 1.807) is 24.3 Å². The first-order chi connectivity index (χ1) is 12.6. The van der Waals surface area contributed by atoms with Gasteiger partial charge in [0.1, 0.15) is 0 Å². The molecule has 26 heavy (non-hydrogen) atoms. The molecular formula is C20H14ClNO4. The number of para-hydroxylation sites is 1. The molecule has 2 aromatic carbocycles. The van der Waals surface area contributed by atoms with Crippen LogP contribution in [-0.4, -0.2) is 29.6 Å². The van der Waals surface area contributed by atoms with Crippen molar-refractivity contribution in [2.45, 2.75) is 12.5 Å². The first-order valence-corrected chi connectivity index (χ1v) is 8.53. The zero-order chi connectivity index (χ0) is 18.1. The smallest absolute Gasteiger partial charge is 0.347 e. The minimum Gasteiger partial charge on any atom is -0.463 e. The Hall–Kier alpha value is -2.92. The van der Waals surface area contributed by atoms with E-state index in [0.29, 0.717) is 33.6 Å². The van der Waals surface area contributed by atoms with E-state index in [1.165, 1.54) is 0 Å². The summed E-state index contributed by atoms with van der Waals surface area (Å²) in [5, 5.41) is 1.29. The molecule has 2 heterocycles. The van der Waals surface area contributed by atoms with Crippen molar-refractivity contribution in [2.24, 2.45) is 0 Å². The van der Waals surface area contributed by atoms with Crippen LogP contribution >= 0.6 is 11.6 Å². The van der Waals surface area contributed by atoms with Crippen LogP contribution in [0, 0.1) is 0 Å². The standard InChI is InChI=1S/C20H14ClNO4/c21-13-7-5-12(6-8-13)17-11-15(14-3-1-2-4-16(14)22-17)19(23)26-18-9-10-25-20(18)24/h1-8,11,18H,9-10H2. The van der Waals surface area contributed by atoms with Crippen LogP contribution in [0.4, 0.5) is 0 Å². The fraction of sp³-hybridized carbons (Fsp3) is 0.150. The number of carbonyl (C=O) groups is 2. The van der Waals surface area contributed by atoms with Crippen molar-refractivity contribution in [1.29, 1.82) is 0 Å². The third kappa shape index (κ3) is 3.13. The highest BCUT2D eigenvalue weighted by molar-refractivity contribution is 6.30. The maximum Gasteiger partial charge on any atom is 0.347 e. The van der Waals surface area contributed by atoms with Gasteiger partial charge in [-0.05, 0) is 24.3 Å². The van der Waals surface area contributed by atoms with Gasteiger partial charge in [-0.15, -0.1) is 0 Å². The topological polar surface area (TPSA) is 65.5 Å². The Bertz CT molecular complexity index is 1000. The molecule has 0 spiro atoms. The van der Waals surface area contributed by atoms with Crippen LogP contribution in [0.25, 0.3) is 22.2 Å². The quantitative estimate of drug-likeness (QED) is 0.654. The van der Waals surface area contributed by atoms with Gasteiger partial charge in [-0.2, -0.15) is 0 Å². The summed E-state index contributed by atoms with van der Waals surface area (Å²) in [5.74, 6) is -1.07. The summed E-state index contributed by atoms with van der Waals surface area (Å²) < 4.78 is 10.2. The molecule has 0 aliphatic carbocycles. The number of cyclic esters (lactones) is 1. The molecule has 5 nitrogen and oxygen atoms in total. The van der Waals surface area contributed by atoms with Gasteiger partial charge in [-0.1, -0.05) is 41.9 Å². The number of pyridine rings is 1. The van der Waals surface area contributed by atoms with Crippen LogP contribution in [0.1, 0.15) is 16.8 Å². The molecule has 1 saturated heterocycles. The summed E-state index contributed by atoms with van der Waals surface area (Å²) in [7, 11) is 0. The molecule has 0 saturated carbocycles. The normalized spacial score (nSPS) is 16.5. The summed E-state index contributed by atoms with van der Waals surface area (Å²) in [6.45, 7) is 0.268. The second-order valence-corrected chi connectivity index (χ2v) is 6.37. The number of halogens is 1. The van der Waals surface area contributed by atoms with Gasteiger partial charge in [0.25, 0.3) is 0 Å². The summed E-state index contributed by atoms with van der Waals surface area (Å²) in [6.07, 6.45) is -0.481. The molecule has 1 aromatic heterocycles. The zero-order valence-corrected chi connectivity index (χ0v) is 14.4. The maximum atomic E-state index is 12.7. The number of hydrogen-bond donors (Lipinski definition) is 0. The largest absolute Gasteiger partial charge is 0.463 e. The average Bonchev–Trinajstić information content (AvgIpc) is 3.06. The van der Waals surface area contributed by atoms with E-state index in [2.05, 4.69) is 4.98 Å². The fourth-order valence-electron chi connectivity index (χ4n) is 2.89. The Morgan fingerprint density at radius 3 is 2.65 bits per heavy atom. The highest BCUT2D eigenvalue weighted by Gasteiger charge is 2.31.